The normalized spacial score (nSPS) is 11.7. The van der Waals surface area contributed by atoms with E-state index in [2.05, 4.69) is 11.1 Å². The molecule has 5 rings (SSSR count). The number of nitrogens with zero attached hydrogens (tertiary/aromatic N) is 4. The van der Waals surface area contributed by atoms with Gasteiger partial charge in [-0.1, -0.05) is 60.7 Å². The summed E-state index contributed by atoms with van der Waals surface area (Å²) < 4.78 is 29.3. The average Bonchev–Trinajstić information content (AvgIpc) is 3.39. The molecule has 9 heteroatoms. The smallest absolute Gasteiger partial charge is 0.260 e. The third-order valence-electron chi connectivity index (χ3n) is 6.64. The van der Waals surface area contributed by atoms with E-state index in [4.69, 9.17) is 4.98 Å². The molecule has 5 aromatic rings. The Labute approximate surface area is 238 Å². The third kappa shape index (κ3) is 5.82. The molecule has 3 aromatic carbocycles. The summed E-state index contributed by atoms with van der Waals surface area (Å²) in [6.45, 7) is 6.77. The Morgan fingerprint density at radius 2 is 1.62 bits per heavy atom. The summed E-state index contributed by atoms with van der Waals surface area (Å²) in [4.78, 5) is 24.7. The van der Waals surface area contributed by atoms with Gasteiger partial charge in [0.1, 0.15) is 0 Å². The molecule has 0 aliphatic heterocycles. The van der Waals surface area contributed by atoms with Gasteiger partial charge in [0.2, 0.25) is 10.0 Å². The molecule has 0 N–H and O–H groups in total. The fourth-order valence-corrected chi connectivity index (χ4v) is 7.06. The van der Waals surface area contributed by atoms with E-state index in [1.165, 1.54) is 27.8 Å². The number of hydrogen-bond donors (Lipinski definition) is 0. The Morgan fingerprint density at radius 1 is 0.900 bits per heavy atom. The Kier molecular flexibility index (Phi) is 8.07. The quantitative estimate of drug-likeness (QED) is 0.206. The summed E-state index contributed by atoms with van der Waals surface area (Å²) in [5.74, 6) is -0.266. The molecule has 2 aromatic heterocycles. The zero-order chi connectivity index (χ0) is 28.3. The second-order valence-corrected chi connectivity index (χ2v) is 12.5. The highest BCUT2D eigenvalue weighted by atomic mass is 32.2. The van der Waals surface area contributed by atoms with Gasteiger partial charge in [-0.2, -0.15) is 4.31 Å². The number of rotatable bonds is 9. The summed E-state index contributed by atoms with van der Waals surface area (Å²) in [5.41, 5.74) is 5.21. The molecule has 1 amide bonds. The number of benzene rings is 3. The number of pyridine rings is 1. The van der Waals surface area contributed by atoms with Crippen molar-refractivity contribution in [1.82, 2.24) is 14.3 Å². The maximum Gasteiger partial charge on any atom is 0.260 e. The van der Waals surface area contributed by atoms with Crippen molar-refractivity contribution in [2.24, 2.45) is 0 Å². The number of carbonyl (C=O) groups is 1. The molecule has 2 heterocycles. The highest BCUT2D eigenvalue weighted by Crippen LogP contribution is 2.34. The van der Waals surface area contributed by atoms with Gasteiger partial charge in [-0.05, 0) is 72.5 Å². The lowest BCUT2D eigenvalue weighted by atomic mass is 10.1. The molecular weight excluding hydrogens is 541 g/mol. The molecule has 0 saturated carbocycles. The van der Waals surface area contributed by atoms with Crippen LogP contribution in [0.2, 0.25) is 0 Å². The van der Waals surface area contributed by atoms with Crippen molar-refractivity contribution < 1.29 is 13.2 Å². The number of aryl methyl sites for hydroxylation is 2. The van der Waals surface area contributed by atoms with Gasteiger partial charge in [0.05, 0.1) is 21.7 Å². The van der Waals surface area contributed by atoms with Crippen LogP contribution in [0.15, 0.2) is 96.2 Å². The maximum atomic E-state index is 13.9. The van der Waals surface area contributed by atoms with Crippen molar-refractivity contribution >= 4 is 42.6 Å². The van der Waals surface area contributed by atoms with E-state index in [0.29, 0.717) is 17.2 Å². The van der Waals surface area contributed by atoms with E-state index in [0.717, 1.165) is 32.5 Å². The third-order valence-corrected chi connectivity index (χ3v) is 9.81. The van der Waals surface area contributed by atoms with Crippen molar-refractivity contribution in [1.29, 1.82) is 0 Å². The zero-order valence-corrected chi connectivity index (χ0v) is 24.2. The summed E-state index contributed by atoms with van der Waals surface area (Å²) in [7, 11) is -3.75. The van der Waals surface area contributed by atoms with Crippen LogP contribution in [0.3, 0.4) is 0 Å². The van der Waals surface area contributed by atoms with Gasteiger partial charge in [-0.25, -0.2) is 13.4 Å². The van der Waals surface area contributed by atoms with E-state index in [1.54, 1.807) is 29.4 Å². The fraction of sp³-hybridized carbons (Fsp3) is 0.194. The van der Waals surface area contributed by atoms with Crippen molar-refractivity contribution in [3.8, 4) is 0 Å². The molecular formula is C31H30N4O3S2. The van der Waals surface area contributed by atoms with Crippen LogP contribution in [-0.2, 0) is 23.1 Å². The van der Waals surface area contributed by atoms with Crippen molar-refractivity contribution in [2.45, 2.75) is 38.8 Å². The molecule has 7 nitrogen and oxygen atoms in total. The van der Waals surface area contributed by atoms with E-state index < -0.39 is 10.0 Å². The number of hydrogen-bond acceptors (Lipinski definition) is 6. The summed E-state index contributed by atoms with van der Waals surface area (Å²) in [6.07, 6.45) is 3.42. The maximum absolute atomic E-state index is 13.9. The topological polar surface area (TPSA) is 83.5 Å². The number of thiazole rings is 1. The minimum absolute atomic E-state index is 0.145. The monoisotopic (exact) mass is 570 g/mol. The van der Waals surface area contributed by atoms with Crippen molar-refractivity contribution in [3.63, 3.8) is 0 Å². The van der Waals surface area contributed by atoms with Gasteiger partial charge in [0, 0.05) is 31.0 Å². The molecule has 0 saturated heterocycles. The molecule has 0 fully saturated rings. The summed E-state index contributed by atoms with van der Waals surface area (Å²) in [5, 5.41) is 0.578. The van der Waals surface area contributed by atoms with Crippen LogP contribution in [0.4, 0.5) is 5.13 Å². The second kappa shape index (κ2) is 11.7. The van der Waals surface area contributed by atoms with Gasteiger partial charge in [0.15, 0.2) is 5.13 Å². The molecule has 0 bridgehead atoms. The predicted molar refractivity (Wildman–Crippen MR) is 160 cm³/mol. The van der Waals surface area contributed by atoms with Crippen LogP contribution in [-0.4, -0.2) is 35.1 Å². The molecule has 0 spiro atoms. The van der Waals surface area contributed by atoms with E-state index in [-0.39, 0.29) is 23.9 Å². The first-order valence-electron chi connectivity index (χ1n) is 13.0. The molecule has 0 atom stereocenters. The number of aromatic nitrogens is 2. The molecule has 0 aliphatic rings. The largest absolute Gasteiger partial charge is 0.279 e. The van der Waals surface area contributed by atoms with Gasteiger partial charge in [-0.15, -0.1) is 0 Å². The van der Waals surface area contributed by atoms with Crippen LogP contribution in [0.1, 0.15) is 39.5 Å². The number of carbonyl (C=O) groups excluding carboxylic acids is 1. The Balaban J connectivity index is 1.46. The van der Waals surface area contributed by atoms with Gasteiger partial charge in [0.25, 0.3) is 5.91 Å². The highest BCUT2D eigenvalue weighted by Gasteiger charge is 2.26. The van der Waals surface area contributed by atoms with Gasteiger partial charge in [-0.3, -0.25) is 14.7 Å². The van der Waals surface area contributed by atoms with Gasteiger partial charge >= 0.3 is 0 Å². The highest BCUT2D eigenvalue weighted by molar-refractivity contribution is 7.89. The molecule has 0 aliphatic carbocycles. The van der Waals surface area contributed by atoms with Gasteiger partial charge < -0.3 is 0 Å². The Bertz CT molecular complexity index is 1740. The summed E-state index contributed by atoms with van der Waals surface area (Å²) >= 11 is 1.47. The molecule has 40 heavy (non-hydrogen) atoms. The van der Waals surface area contributed by atoms with Crippen LogP contribution in [0.5, 0.6) is 0 Å². The Morgan fingerprint density at radius 3 is 2.30 bits per heavy atom. The minimum Gasteiger partial charge on any atom is -0.279 e. The first kappa shape index (κ1) is 27.6. The van der Waals surface area contributed by atoms with Crippen molar-refractivity contribution in [3.05, 3.63) is 119 Å². The minimum atomic E-state index is -3.75. The van der Waals surface area contributed by atoms with Crippen molar-refractivity contribution in [2.75, 3.05) is 11.4 Å². The van der Waals surface area contributed by atoms with E-state index >= 15 is 0 Å². The molecule has 0 radical (unpaired) electrons. The van der Waals surface area contributed by atoms with E-state index in [9.17, 15) is 13.2 Å². The number of amides is 1. The summed E-state index contributed by atoms with van der Waals surface area (Å²) in [6, 6.07) is 23.5. The molecule has 0 unspecified atom stereocenters. The molecule has 204 valence electrons. The van der Waals surface area contributed by atoms with Crippen LogP contribution >= 0.6 is 11.3 Å². The SMILES string of the molecule is CCN(Cc1ccccc1)S(=O)(=O)c1ccc(C(=O)N(Cc2cccnc2)c2nc3cc(C)cc(C)c3s2)cc1. The number of sulfonamides is 1. The Hall–Kier alpha value is -3.92. The predicted octanol–water partition coefficient (Wildman–Crippen LogP) is 6.37. The van der Waals surface area contributed by atoms with E-state index in [1.807, 2.05) is 69.3 Å². The lowest BCUT2D eigenvalue weighted by molar-refractivity contribution is 0.0985. The second-order valence-electron chi connectivity index (χ2n) is 9.62. The fourth-order valence-electron chi connectivity index (χ4n) is 4.61. The first-order chi connectivity index (χ1) is 19.3. The van der Waals surface area contributed by atoms with Crippen LogP contribution in [0, 0.1) is 13.8 Å². The lowest BCUT2D eigenvalue weighted by Gasteiger charge is -2.22. The average molecular weight is 571 g/mol. The van der Waals surface area contributed by atoms with Crippen LogP contribution < -0.4 is 4.90 Å². The zero-order valence-electron chi connectivity index (χ0n) is 22.6. The number of fused-ring (bicyclic) bond motifs is 1. The van der Waals surface area contributed by atoms with Crippen LogP contribution in [0.25, 0.3) is 10.2 Å². The standard InChI is InChI=1S/C31H30N4O3S2/c1-4-34(20-24-9-6-5-7-10-24)40(37,38)27-14-12-26(13-15-27)30(36)35(21-25-11-8-16-32-19-25)31-33-28-18-22(2)17-23(3)29(28)39-31/h5-19H,4,20-21H2,1-3H3. The number of anilines is 1. The lowest BCUT2D eigenvalue weighted by Crippen LogP contribution is -2.31. The first-order valence-corrected chi connectivity index (χ1v) is 15.2.